The molecule has 0 amide bonds. The first-order valence-corrected chi connectivity index (χ1v) is 7.91. The quantitative estimate of drug-likeness (QED) is 0.540. The van der Waals surface area contributed by atoms with Gasteiger partial charge in [-0.25, -0.2) is 9.97 Å². The molecule has 0 spiro atoms. The molecule has 24 heavy (non-hydrogen) atoms. The number of rotatable bonds is 2. The minimum Gasteiger partial charge on any atom is -0.508 e. The normalized spacial score (nSPS) is 10.9. The second-order valence-corrected chi connectivity index (χ2v) is 5.91. The first-order valence-electron chi connectivity index (χ1n) is 7.53. The van der Waals surface area contributed by atoms with E-state index in [1.165, 1.54) is 0 Å². The van der Waals surface area contributed by atoms with E-state index in [4.69, 9.17) is 16.6 Å². The maximum atomic E-state index is 9.48. The van der Waals surface area contributed by atoms with Gasteiger partial charge in [0.1, 0.15) is 5.75 Å². The molecule has 0 aliphatic rings. The third kappa shape index (κ3) is 2.70. The van der Waals surface area contributed by atoms with Gasteiger partial charge in [-0.15, -0.1) is 0 Å². The second kappa shape index (κ2) is 5.95. The highest BCUT2D eigenvalue weighted by Crippen LogP contribution is 2.31. The summed E-state index contributed by atoms with van der Waals surface area (Å²) in [5, 5.41) is 11.0. The number of fused-ring (bicyclic) bond motifs is 1. The van der Waals surface area contributed by atoms with Crippen molar-refractivity contribution in [2.24, 2.45) is 0 Å². The van der Waals surface area contributed by atoms with Crippen molar-refractivity contribution in [3.63, 3.8) is 0 Å². The van der Waals surface area contributed by atoms with E-state index in [-0.39, 0.29) is 5.75 Å². The van der Waals surface area contributed by atoms with E-state index in [2.05, 4.69) is 4.98 Å². The molecule has 0 bridgehead atoms. The van der Waals surface area contributed by atoms with Crippen LogP contribution in [0.4, 0.5) is 0 Å². The number of benzene rings is 3. The second-order valence-electron chi connectivity index (χ2n) is 5.47. The Balaban J connectivity index is 2.00. The average molecular weight is 333 g/mol. The third-order valence-electron chi connectivity index (χ3n) is 3.83. The van der Waals surface area contributed by atoms with Gasteiger partial charge >= 0.3 is 0 Å². The first-order chi connectivity index (χ1) is 11.7. The lowest BCUT2D eigenvalue weighted by atomic mass is 10.1. The largest absolute Gasteiger partial charge is 0.508 e. The van der Waals surface area contributed by atoms with Crippen molar-refractivity contribution in [3.05, 3.63) is 77.8 Å². The van der Waals surface area contributed by atoms with Crippen LogP contribution < -0.4 is 0 Å². The molecule has 0 unspecified atom stereocenters. The zero-order chi connectivity index (χ0) is 16.5. The maximum absolute atomic E-state index is 9.48. The topological polar surface area (TPSA) is 46.0 Å². The first kappa shape index (κ1) is 14.7. The Morgan fingerprint density at radius 2 is 1.50 bits per heavy atom. The fourth-order valence-corrected chi connectivity index (χ4v) is 2.83. The predicted octanol–water partition coefficient (Wildman–Crippen LogP) is 5.32. The van der Waals surface area contributed by atoms with Gasteiger partial charge in [0.05, 0.1) is 11.2 Å². The Kier molecular flexibility index (Phi) is 3.63. The Morgan fingerprint density at radius 3 is 2.25 bits per heavy atom. The highest BCUT2D eigenvalue weighted by Gasteiger charge is 2.11. The Labute approximate surface area is 144 Å². The lowest BCUT2D eigenvalue weighted by Gasteiger charge is -2.10. The molecule has 1 aromatic heterocycles. The highest BCUT2D eigenvalue weighted by atomic mass is 35.5. The van der Waals surface area contributed by atoms with Crippen LogP contribution in [0.1, 0.15) is 0 Å². The summed E-state index contributed by atoms with van der Waals surface area (Å²) in [7, 11) is 0. The van der Waals surface area contributed by atoms with E-state index in [9.17, 15) is 5.11 Å². The molecular weight excluding hydrogens is 320 g/mol. The van der Waals surface area contributed by atoms with Gasteiger partial charge in [0.15, 0.2) is 5.82 Å². The molecule has 0 saturated carbocycles. The lowest BCUT2D eigenvalue weighted by Crippen LogP contribution is -1.95. The molecular formula is C20H13ClN2O. The number of hydrogen-bond acceptors (Lipinski definition) is 3. The van der Waals surface area contributed by atoms with Crippen molar-refractivity contribution in [2.75, 3.05) is 0 Å². The summed E-state index contributed by atoms with van der Waals surface area (Å²) >= 11 is 6.17. The molecule has 0 aliphatic carbocycles. The minimum absolute atomic E-state index is 0.217. The summed E-state index contributed by atoms with van der Waals surface area (Å²) in [6.45, 7) is 0. The maximum Gasteiger partial charge on any atom is 0.160 e. The standard InChI is InChI=1S/C20H13ClN2O/c21-15-8-11-18-17(12-15)19(13-4-2-1-3-5-13)23-20(22-18)14-6-9-16(24)10-7-14/h1-12,24H. The van der Waals surface area contributed by atoms with Gasteiger partial charge in [0.25, 0.3) is 0 Å². The van der Waals surface area contributed by atoms with E-state index in [0.29, 0.717) is 10.8 Å². The van der Waals surface area contributed by atoms with Crippen molar-refractivity contribution >= 4 is 22.5 Å². The summed E-state index contributed by atoms with van der Waals surface area (Å²) in [4.78, 5) is 9.41. The van der Waals surface area contributed by atoms with Crippen LogP contribution in [0.3, 0.4) is 0 Å². The van der Waals surface area contributed by atoms with Crippen LogP contribution in [-0.4, -0.2) is 15.1 Å². The summed E-state index contributed by atoms with van der Waals surface area (Å²) in [6, 6.07) is 22.5. The molecule has 1 N–H and O–H groups in total. The molecule has 4 heteroatoms. The molecule has 0 aliphatic heterocycles. The van der Waals surface area contributed by atoms with E-state index in [0.717, 1.165) is 27.7 Å². The Bertz CT molecular complexity index is 1010. The van der Waals surface area contributed by atoms with E-state index >= 15 is 0 Å². The van der Waals surface area contributed by atoms with Crippen molar-refractivity contribution in [3.8, 4) is 28.4 Å². The minimum atomic E-state index is 0.217. The number of halogens is 1. The van der Waals surface area contributed by atoms with Gasteiger partial charge in [-0.2, -0.15) is 0 Å². The van der Waals surface area contributed by atoms with E-state index in [1.807, 2.05) is 48.5 Å². The van der Waals surface area contributed by atoms with Crippen LogP contribution in [-0.2, 0) is 0 Å². The van der Waals surface area contributed by atoms with Crippen molar-refractivity contribution in [2.45, 2.75) is 0 Å². The van der Waals surface area contributed by atoms with Crippen molar-refractivity contribution in [1.29, 1.82) is 0 Å². The molecule has 0 radical (unpaired) electrons. The van der Waals surface area contributed by atoms with Crippen LogP contribution in [0.25, 0.3) is 33.5 Å². The molecule has 0 fully saturated rings. The summed E-state index contributed by atoms with van der Waals surface area (Å²) < 4.78 is 0. The van der Waals surface area contributed by atoms with Gasteiger partial charge < -0.3 is 5.11 Å². The van der Waals surface area contributed by atoms with Gasteiger partial charge in [0.2, 0.25) is 0 Å². The molecule has 0 saturated heterocycles. The fourth-order valence-electron chi connectivity index (χ4n) is 2.66. The molecule has 0 atom stereocenters. The molecule has 3 nitrogen and oxygen atoms in total. The third-order valence-corrected chi connectivity index (χ3v) is 4.07. The van der Waals surface area contributed by atoms with Gasteiger partial charge in [-0.1, -0.05) is 41.9 Å². The van der Waals surface area contributed by atoms with Crippen LogP contribution in [0.2, 0.25) is 5.02 Å². The lowest BCUT2D eigenvalue weighted by molar-refractivity contribution is 0.475. The molecule has 4 rings (SSSR count). The fraction of sp³-hybridized carbons (Fsp3) is 0. The monoisotopic (exact) mass is 332 g/mol. The zero-order valence-corrected chi connectivity index (χ0v) is 13.4. The summed E-state index contributed by atoms with van der Waals surface area (Å²) in [5.74, 6) is 0.832. The number of aromatic hydroxyl groups is 1. The zero-order valence-electron chi connectivity index (χ0n) is 12.6. The SMILES string of the molecule is Oc1ccc(-c2nc(-c3ccccc3)c3cc(Cl)ccc3n2)cc1. The summed E-state index contributed by atoms with van der Waals surface area (Å²) in [6.07, 6.45) is 0. The number of aromatic nitrogens is 2. The van der Waals surface area contributed by atoms with Crippen molar-refractivity contribution in [1.82, 2.24) is 9.97 Å². The number of phenolic OH excluding ortho intramolecular Hbond substituents is 1. The van der Waals surface area contributed by atoms with Crippen LogP contribution in [0.15, 0.2) is 72.8 Å². The molecule has 3 aromatic carbocycles. The number of phenols is 1. The van der Waals surface area contributed by atoms with Crippen LogP contribution in [0.5, 0.6) is 5.75 Å². The van der Waals surface area contributed by atoms with Crippen LogP contribution >= 0.6 is 11.6 Å². The smallest absolute Gasteiger partial charge is 0.160 e. The summed E-state index contributed by atoms with van der Waals surface area (Å²) in [5.41, 5.74) is 3.52. The predicted molar refractivity (Wildman–Crippen MR) is 97.1 cm³/mol. The Hall–Kier alpha value is -2.91. The van der Waals surface area contributed by atoms with Gasteiger partial charge in [-0.3, -0.25) is 0 Å². The van der Waals surface area contributed by atoms with Crippen LogP contribution in [0, 0.1) is 0 Å². The van der Waals surface area contributed by atoms with E-state index < -0.39 is 0 Å². The van der Waals surface area contributed by atoms with Gasteiger partial charge in [0, 0.05) is 21.5 Å². The average Bonchev–Trinajstić information content (AvgIpc) is 2.62. The number of hydrogen-bond donors (Lipinski definition) is 1. The van der Waals surface area contributed by atoms with E-state index in [1.54, 1.807) is 24.3 Å². The highest BCUT2D eigenvalue weighted by molar-refractivity contribution is 6.31. The Morgan fingerprint density at radius 1 is 0.750 bits per heavy atom. The molecule has 116 valence electrons. The molecule has 4 aromatic rings. The number of nitrogens with zero attached hydrogens (tertiary/aromatic N) is 2. The molecule has 1 heterocycles. The van der Waals surface area contributed by atoms with Crippen molar-refractivity contribution < 1.29 is 5.11 Å². The van der Waals surface area contributed by atoms with Gasteiger partial charge in [-0.05, 0) is 42.5 Å².